The molecule has 1 aromatic carbocycles. The van der Waals surface area contributed by atoms with Crippen LogP contribution in [0.5, 0.6) is 0 Å². The third-order valence-corrected chi connectivity index (χ3v) is 4.67. The summed E-state index contributed by atoms with van der Waals surface area (Å²) in [4.78, 5) is 25.7. The van der Waals surface area contributed by atoms with Crippen molar-refractivity contribution in [2.24, 2.45) is 0 Å². The molecule has 0 spiro atoms. The molecule has 2 aromatic rings. The number of hydrogen-bond acceptors (Lipinski definition) is 4. The number of piperidine rings is 1. The van der Waals surface area contributed by atoms with Gasteiger partial charge >= 0.3 is 5.97 Å². The molecule has 7 heteroatoms. The Labute approximate surface area is 152 Å². The van der Waals surface area contributed by atoms with Gasteiger partial charge in [-0.1, -0.05) is 0 Å². The molecule has 1 aliphatic heterocycles. The fourth-order valence-electron chi connectivity index (χ4n) is 3.30. The molecule has 0 saturated carbocycles. The Morgan fingerprint density at radius 2 is 2.04 bits per heavy atom. The van der Waals surface area contributed by atoms with Crippen LogP contribution in [-0.2, 0) is 4.74 Å². The SMILES string of the molecule is CCOC1CCCN(C(=O)c2ccc(-n3ncc(C(=O)O)c3C)cc2)C1. The molecular weight excluding hydrogens is 334 g/mol. The van der Waals surface area contributed by atoms with Gasteiger partial charge < -0.3 is 14.7 Å². The van der Waals surface area contributed by atoms with Crippen molar-refractivity contribution in [2.45, 2.75) is 32.8 Å². The fourth-order valence-corrected chi connectivity index (χ4v) is 3.30. The van der Waals surface area contributed by atoms with Crippen LogP contribution in [0.4, 0.5) is 0 Å². The second kappa shape index (κ2) is 7.70. The Morgan fingerprint density at radius 1 is 1.31 bits per heavy atom. The molecule has 1 unspecified atom stereocenters. The Morgan fingerprint density at radius 3 is 2.65 bits per heavy atom. The molecule has 0 radical (unpaired) electrons. The number of nitrogens with zero attached hydrogens (tertiary/aromatic N) is 3. The lowest BCUT2D eigenvalue weighted by Crippen LogP contribution is -2.43. The van der Waals surface area contributed by atoms with E-state index in [-0.39, 0.29) is 17.6 Å². The van der Waals surface area contributed by atoms with Crippen LogP contribution in [0.2, 0.25) is 0 Å². The molecule has 1 aromatic heterocycles. The summed E-state index contributed by atoms with van der Waals surface area (Å²) in [5, 5.41) is 13.3. The van der Waals surface area contributed by atoms with Crippen molar-refractivity contribution in [3.8, 4) is 5.69 Å². The zero-order valence-electron chi connectivity index (χ0n) is 15.0. The molecular formula is C19H23N3O4. The number of carbonyl (C=O) groups excluding carboxylic acids is 1. The fraction of sp³-hybridized carbons (Fsp3) is 0.421. The second-order valence-electron chi connectivity index (χ2n) is 6.38. The Kier molecular flexibility index (Phi) is 5.37. The van der Waals surface area contributed by atoms with E-state index in [1.165, 1.54) is 6.20 Å². The highest BCUT2D eigenvalue weighted by molar-refractivity contribution is 5.94. The van der Waals surface area contributed by atoms with E-state index in [1.54, 1.807) is 35.9 Å². The van der Waals surface area contributed by atoms with Gasteiger partial charge in [-0.25, -0.2) is 9.48 Å². The lowest BCUT2D eigenvalue weighted by atomic mass is 10.1. The summed E-state index contributed by atoms with van der Waals surface area (Å²) in [7, 11) is 0. The molecule has 1 N–H and O–H groups in total. The number of carboxylic acids is 1. The van der Waals surface area contributed by atoms with E-state index in [0.29, 0.717) is 24.4 Å². The molecule has 2 heterocycles. The lowest BCUT2D eigenvalue weighted by molar-refractivity contribution is 0.00724. The maximum absolute atomic E-state index is 12.7. The number of likely N-dealkylation sites (tertiary alicyclic amines) is 1. The molecule has 1 atom stereocenters. The quantitative estimate of drug-likeness (QED) is 0.889. The summed E-state index contributed by atoms with van der Waals surface area (Å²) in [6.07, 6.45) is 3.37. The number of rotatable bonds is 5. The van der Waals surface area contributed by atoms with E-state index in [9.17, 15) is 9.59 Å². The van der Waals surface area contributed by atoms with E-state index < -0.39 is 5.97 Å². The molecule has 1 saturated heterocycles. The molecule has 0 aliphatic carbocycles. The predicted octanol–water partition coefficient (Wildman–Crippen LogP) is 2.52. The van der Waals surface area contributed by atoms with Crippen molar-refractivity contribution in [2.75, 3.05) is 19.7 Å². The molecule has 1 aliphatic rings. The van der Waals surface area contributed by atoms with Crippen LogP contribution < -0.4 is 0 Å². The van der Waals surface area contributed by atoms with Crippen molar-refractivity contribution >= 4 is 11.9 Å². The Bertz CT molecular complexity index is 796. The first-order valence-corrected chi connectivity index (χ1v) is 8.80. The molecule has 138 valence electrons. The predicted molar refractivity (Wildman–Crippen MR) is 95.8 cm³/mol. The van der Waals surface area contributed by atoms with E-state index in [1.807, 2.05) is 11.8 Å². The van der Waals surface area contributed by atoms with Gasteiger partial charge in [-0.05, 0) is 51.0 Å². The van der Waals surface area contributed by atoms with Crippen LogP contribution in [0, 0.1) is 6.92 Å². The van der Waals surface area contributed by atoms with Crippen LogP contribution in [-0.4, -0.2) is 57.5 Å². The molecule has 1 fully saturated rings. The first-order valence-electron chi connectivity index (χ1n) is 8.80. The zero-order chi connectivity index (χ0) is 18.7. The van der Waals surface area contributed by atoms with Crippen molar-refractivity contribution in [1.82, 2.24) is 14.7 Å². The molecule has 7 nitrogen and oxygen atoms in total. The zero-order valence-corrected chi connectivity index (χ0v) is 15.0. The smallest absolute Gasteiger partial charge is 0.339 e. The van der Waals surface area contributed by atoms with Crippen LogP contribution >= 0.6 is 0 Å². The Hall–Kier alpha value is -2.67. The van der Waals surface area contributed by atoms with Crippen LogP contribution in [0.3, 0.4) is 0 Å². The van der Waals surface area contributed by atoms with Gasteiger partial charge in [0, 0.05) is 25.3 Å². The summed E-state index contributed by atoms with van der Waals surface area (Å²) >= 11 is 0. The van der Waals surface area contributed by atoms with Crippen molar-refractivity contribution in [3.63, 3.8) is 0 Å². The van der Waals surface area contributed by atoms with Crippen molar-refractivity contribution in [1.29, 1.82) is 0 Å². The summed E-state index contributed by atoms with van der Waals surface area (Å²) in [6.45, 7) is 5.69. The number of aromatic carboxylic acids is 1. The van der Waals surface area contributed by atoms with Gasteiger partial charge in [0.15, 0.2) is 0 Å². The largest absolute Gasteiger partial charge is 0.478 e. The average Bonchev–Trinajstić information content (AvgIpc) is 3.03. The van der Waals surface area contributed by atoms with Gasteiger partial charge in [-0.15, -0.1) is 0 Å². The van der Waals surface area contributed by atoms with Gasteiger partial charge in [0.1, 0.15) is 5.56 Å². The summed E-state index contributed by atoms with van der Waals surface area (Å²) in [5.74, 6) is -1.01. The monoisotopic (exact) mass is 357 g/mol. The maximum atomic E-state index is 12.7. The molecule has 0 bridgehead atoms. The van der Waals surface area contributed by atoms with Crippen LogP contribution in [0.1, 0.15) is 46.2 Å². The highest BCUT2D eigenvalue weighted by Gasteiger charge is 2.24. The average molecular weight is 357 g/mol. The Balaban J connectivity index is 1.75. The van der Waals surface area contributed by atoms with E-state index >= 15 is 0 Å². The highest BCUT2D eigenvalue weighted by atomic mass is 16.5. The second-order valence-corrected chi connectivity index (χ2v) is 6.38. The van der Waals surface area contributed by atoms with E-state index in [2.05, 4.69) is 5.10 Å². The minimum atomic E-state index is -1.01. The summed E-state index contributed by atoms with van der Waals surface area (Å²) < 4.78 is 7.22. The van der Waals surface area contributed by atoms with E-state index in [4.69, 9.17) is 9.84 Å². The third kappa shape index (κ3) is 3.62. The first-order chi connectivity index (χ1) is 12.5. The molecule has 1 amide bonds. The number of hydrogen-bond donors (Lipinski definition) is 1. The molecule has 3 rings (SSSR count). The van der Waals surface area contributed by atoms with Gasteiger partial charge in [-0.3, -0.25) is 4.79 Å². The van der Waals surface area contributed by atoms with Gasteiger partial charge in [0.05, 0.1) is 23.7 Å². The van der Waals surface area contributed by atoms with Gasteiger partial charge in [0.2, 0.25) is 0 Å². The van der Waals surface area contributed by atoms with Crippen LogP contribution in [0.15, 0.2) is 30.5 Å². The third-order valence-electron chi connectivity index (χ3n) is 4.67. The number of carboxylic acid groups (broad SMARTS) is 1. The van der Waals surface area contributed by atoms with Crippen molar-refractivity contribution in [3.05, 3.63) is 47.3 Å². The lowest BCUT2D eigenvalue weighted by Gasteiger charge is -2.32. The molecule has 26 heavy (non-hydrogen) atoms. The first kappa shape index (κ1) is 18.1. The summed E-state index contributed by atoms with van der Waals surface area (Å²) in [6, 6.07) is 7.07. The topological polar surface area (TPSA) is 84.7 Å². The van der Waals surface area contributed by atoms with Crippen molar-refractivity contribution < 1.29 is 19.4 Å². The van der Waals surface area contributed by atoms with E-state index in [0.717, 1.165) is 25.1 Å². The number of amides is 1. The normalized spacial score (nSPS) is 17.3. The number of ether oxygens (including phenoxy) is 1. The van der Waals surface area contributed by atoms with Gasteiger partial charge in [0.25, 0.3) is 5.91 Å². The standard InChI is InChI=1S/C19H23N3O4/c1-3-26-16-5-4-10-21(12-16)18(23)14-6-8-15(9-7-14)22-13(2)17(11-20-22)19(24)25/h6-9,11,16H,3-5,10,12H2,1-2H3,(H,24,25). The van der Waals surface area contributed by atoms with Gasteiger partial charge in [-0.2, -0.15) is 5.10 Å². The number of carbonyl (C=O) groups is 2. The maximum Gasteiger partial charge on any atom is 0.339 e. The summed E-state index contributed by atoms with van der Waals surface area (Å²) in [5.41, 5.74) is 2.04. The van der Waals surface area contributed by atoms with Crippen LogP contribution in [0.25, 0.3) is 5.69 Å². The minimum absolute atomic E-state index is 0.00985. The number of benzene rings is 1. The highest BCUT2D eigenvalue weighted by Crippen LogP contribution is 2.19. The number of aromatic nitrogens is 2. The minimum Gasteiger partial charge on any atom is -0.478 e.